The fourth-order valence-electron chi connectivity index (χ4n) is 3.21. The van der Waals surface area contributed by atoms with Crippen molar-refractivity contribution < 1.29 is 22.9 Å². The summed E-state index contributed by atoms with van der Waals surface area (Å²) in [4.78, 5) is 33.5. The summed E-state index contributed by atoms with van der Waals surface area (Å²) in [7, 11) is 0. The van der Waals surface area contributed by atoms with Crippen molar-refractivity contribution in [3.05, 3.63) is 58.8 Å². The predicted molar refractivity (Wildman–Crippen MR) is 108 cm³/mol. The summed E-state index contributed by atoms with van der Waals surface area (Å²) in [6, 6.07) is 6.51. The van der Waals surface area contributed by atoms with E-state index >= 15 is 0 Å². The van der Waals surface area contributed by atoms with Gasteiger partial charge >= 0.3 is 0 Å². The van der Waals surface area contributed by atoms with E-state index < -0.39 is 17.5 Å². The Bertz CT molecular complexity index is 1060. The zero-order chi connectivity index (χ0) is 21.8. The molecule has 1 aliphatic rings. The lowest BCUT2D eigenvalue weighted by Crippen LogP contribution is -2.50. The normalized spacial score (nSPS) is 14.6. The molecule has 162 valence electrons. The first-order valence-electron chi connectivity index (χ1n) is 9.59. The van der Waals surface area contributed by atoms with Gasteiger partial charge in [0.15, 0.2) is 0 Å². The molecule has 11 heteroatoms. The molecule has 0 unspecified atom stereocenters. The standard InChI is InChI=1S/C20H19F2N5O3S/c21-13-3-4-14(15(22)10-13)20(29)23-11-18(28)27-7-5-26(6-8-27)12-17-24-19(25-30-17)16-2-1-9-31-16/h1-4,9-10H,5-8,11-12H2,(H,23,29). The molecule has 8 nitrogen and oxygen atoms in total. The van der Waals surface area contributed by atoms with Crippen LogP contribution in [0.4, 0.5) is 8.78 Å². The number of nitrogens with zero attached hydrogens (tertiary/aromatic N) is 4. The van der Waals surface area contributed by atoms with Crippen LogP contribution < -0.4 is 5.32 Å². The molecule has 3 heterocycles. The zero-order valence-corrected chi connectivity index (χ0v) is 17.2. The van der Waals surface area contributed by atoms with Crippen LogP contribution in [-0.2, 0) is 11.3 Å². The van der Waals surface area contributed by atoms with Gasteiger partial charge in [0.25, 0.3) is 5.91 Å². The van der Waals surface area contributed by atoms with Crippen molar-refractivity contribution in [1.82, 2.24) is 25.3 Å². The summed E-state index contributed by atoms with van der Waals surface area (Å²) in [5.74, 6) is -1.70. The maximum absolute atomic E-state index is 13.7. The maximum atomic E-state index is 13.7. The quantitative estimate of drug-likeness (QED) is 0.623. The Morgan fingerprint density at radius 3 is 2.68 bits per heavy atom. The first-order chi connectivity index (χ1) is 15.0. The summed E-state index contributed by atoms with van der Waals surface area (Å²) >= 11 is 1.54. The molecule has 2 aromatic heterocycles. The van der Waals surface area contributed by atoms with E-state index in [2.05, 4.69) is 20.4 Å². The van der Waals surface area contributed by atoms with Crippen LogP contribution in [0.5, 0.6) is 0 Å². The number of nitrogens with one attached hydrogen (secondary N) is 1. The number of aromatic nitrogens is 2. The van der Waals surface area contributed by atoms with Crippen LogP contribution in [0.15, 0.2) is 40.2 Å². The van der Waals surface area contributed by atoms with E-state index in [-0.39, 0.29) is 18.0 Å². The number of halogens is 2. The smallest absolute Gasteiger partial charge is 0.254 e. The first-order valence-corrected chi connectivity index (χ1v) is 10.5. The van der Waals surface area contributed by atoms with E-state index in [1.807, 2.05) is 17.5 Å². The fraction of sp³-hybridized carbons (Fsp3) is 0.300. The van der Waals surface area contributed by atoms with E-state index in [0.717, 1.165) is 17.0 Å². The van der Waals surface area contributed by atoms with Gasteiger partial charge in [-0.2, -0.15) is 4.98 Å². The number of amides is 2. The number of piperazine rings is 1. The molecule has 1 saturated heterocycles. The lowest BCUT2D eigenvalue weighted by molar-refractivity contribution is -0.131. The molecule has 1 N–H and O–H groups in total. The van der Waals surface area contributed by atoms with Crippen LogP contribution >= 0.6 is 11.3 Å². The summed E-state index contributed by atoms with van der Waals surface area (Å²) in [5, 5.41) is 8.32. The molecule has 1 fully saturated rings. The second kappa shape index (κ2) is 9.31. The zero-order valence-electron chi connectivity index (χ0n) is 16.4. The minimum Gasteiger partial charge on any atom is -0.343 e. The summed E-state index contributed by atoms with van der Waals surface area (Å²) in [6.07, 6.45) is 0. The van der Waals surface area contributed by atoms with Gasteiger partial charge < -0.3 is 14.7 Å². The number of hydrogen-bond acceptors (Lipinski definition) is 7. The van der Waals surface area contributed by atoms with Gasteiger partial charge in [-0.05, 0) is 23.6 Å². The Balaban J connectivity index is 1.23. The van der Waals surface area contributed by atoms with Gasteiger partial charge in [0.1, 0.15) is 11.6 Å². The summed E-state index contributed by atoms with van der Waals surface area (Å²) in [6.45, 7) is 2.41. The molecule has 3 aromatic rings. The van der Waals surface area contributed by atoms with Crippen LogP contribution in [0.2, 0.25) is 0 Å². The third kappa shape index (κ3) is 5.12. The predicted octanol–water partition coefficient (Wildman–Crippen LogP) is 2.15. The van der Waals surface area contributed by atoms with Crippen molar-refractivity contribution in [2.24, 2.45) is 0 Å². The van der Waals surface area contributed by atoms with Crippen LogP contribution in [0.1, 0.15) is 16.2 Å². The van der Waals surface area contributed by atoms with Crippen molar-refractivity contribution in [2.75, 3.05) is 32.7 Å². The van der Waals surface area contributed by atoms with Gasteiger partial charge in [-0.25, -0.2) is 8.78 Å². The molecule has 1 aliphatic heterocycles. The number of carbonyl (C=O) groups excluding carboxylic acids is 2. The number of hydrogen-bond donors (Lipinski definition) is 1. The average molecular weight is 447 g/mol. The van der Waals surface area contributed by atoms with Crippen LogP contribution in [0.3, 0.4) is 0 Å². The molecule has 0 aliphatic carbocycles. The fourth-order valence-corrected chi connectivity index (χ4v) is 3.86. The molecular formula is C20H19F2N5O3S. The molecule has 4 rings (SSSR count). The lowest BCUT2D eigenvalue weighted by atomic mass is 10.2. The monoisotopic (exact) mass is 447 g/mol. The van der Waals surface area contributed by atoms with E-state index in [1.165, 1.54) is 11.3 Å². The number of rotatable bonds is 6. The lowest BCUT2D eigenvalue weighted by Gasteiger charge is -2.34. The summed E-state index contributed by atoms with van der Waals surface area (Å²) < 4.78 is 31.9. The van der Waals surface area contributed by atoms with Crippen molar-refractivity contribution in [3.63, 3.8) is 0 Å². The molecule has 0 spiro atoms. The first kappa shape index (κ1) is 21.1. The number of carbonyl (C=O) groups is 2. The SMILES string of the molecule is O=C(NCC(=O)N1CCN(Cc2nc(-c3cccs3)no2)CC1)c1ccc(F)cc1F. The van der Waals surface area contributed by atoms with E-state index in [9.17, 15) is 18.4 Å². The Hall–Kier alpha value is -3.18. The molecule has 0 radical (unpaired) electrons. The Morgan fingerprint density at radius 1 is 1.16 bits per heavy atom. The average Bonchev–Trinajstić information content (AvgIpc) is 3.44. The third-order valence-corrected chi connectivity index (χ3v) is 5.74. The topological polar surface area (TPSA) is 91.6 Å². The highest BCUT2D eigenvalue weighted by Gasteiger charge is 2.23. The van der Waals surface area contributed by atoms with E-state index in [1.54, 1.807) is 4.90 Å². The van der Waals surface area contributed by atoms with Gasteiger partial charge in [-0.15, -0.1) is 11.3 Å². The van der Waals surface area contributed by atoms with Gasteiger partial charge in [0, 0.05) is 32.2 Å². The second-order valence-electron chi connectivity index (χ2n) is 6.95. The molecule has 0 bridgehead atoms. The molecule has 31 heavy (non-hydrogen) atoms. The molecular weight excluding hydrogens is 428 g/mol. The highest BCUT2D eigenvalue weighted by molar-refractivity contribution is 7.13. The molecule has 0 saturated carbocycles. The maximum Gasteiger partial charge on any atom is 0.254 e. The molecule has 2 amide bonds. The second-order valence-corrected chi connectivity index (χ2v) is 7.90. The van der Waals surface area contributed by atoms with Gasteiger partial charge in [0.05, 0.1) is 23.5 Å². The van der Waals surface area contributed by atoms with Crippen LogP contribution in [0.25, 0.3) is 10.7 Å². The van der Waals surface area contributed by atoms with Crippen LogP contribution in [-0.4, -0.2) is 64.5 Å². The number of thiophene rings is 1. The Morgan fingerprint density at radius 2 is 1.97 bits per heavy atom. The largest absolute Gasteiger partial charge is 0.343 e. The van der Waals surface area contributed by atoms with Crippen molar-refractivity contribution >= 4 is 23.2 Å². The summed E-state index contributed by atoms with van der Waals surface area (Å²) in [5.41, 5.74) is -0.305. The minimum atomic E-state index is -0.971. The van der Waals surface area contributed by atoms with Gasteiger partial charge in [-0.3, -0.25) is 14.5 Å². The van der Waals surface area contributed by atoms with Crippen LogP contribution in [0, 0.1) is 11.6 Å². The van der Waals surface area contributed by atoms with E-state index in [0.29, 0.717) is 50.5 Å². The number of benzene rings is 1. The van der Waals surface area contributed by atoms with Gasteiger partial charge in [0.2, 0.25) is 17.6 Å². The van der Waals surface area contributed by atoms with Crippen molar-refractivity contribution in [2.45, 2.75) is 6.54 Å². The Kier molecular flexibility index (Phi) is 6.33. The highest BCUT2D eigenvalue weighted by atomic mass is 32.1. The van der Waals surface area contributed by atoms with Crippen molar-refractivity contribution in [3.8, 4) is 10.7 Å². The minimum absolute atomic E-state index is 0.260. The molecule has 0 atom stereocenters. The van der Waals surface area contributed by atoms with E-state index in [4.69, 9.17) is 4.52 Å². The Labute approximate surface area is 180 Å². The third-order valence-electron chi connectivity index (χ3n) is 4.87. The van der Waals surface area contributed by atoms with Crippen molar-refractivity contribution in [1.29, 1.82) is 0 Å². The molecule has 1 aromatic carbocycles. The van der Waals surface area contributed by atoms with Gasteiger partial charge in [-0.1, -0.05) is 11.2 Å². The highest BCUT2D eigenvalue weighted by Crippen LogP contribution is 2.21.